The molecular weight excluding hydrogens is 218 g/mol. The van der Waals surface area contributed by atoms with Gasteiger partial charge in [0.2, 0.25) is 0 Å². The molecule has 0 amide bonds. The maximum absolute atomic E-state index is 5.52. The van der Waals surface area contributed by atoms with Crippen LogP contribution < -0.4 is 5.32 Å². The number of aryl methyl sites for hydroxylation is 1. The van der Waals surface area contributed by atoms with Crippen LogP contribution in [0.4, 0.5) is 0 Å². The van der Waals surface area contributed by atoms with Gasteiger partial charge in [0.15, 0.2) is 0 Å². The highest BCUT2D eigenvalue weighted by Gasteiger charge is 2.27. The monoisotopic (exact) mass is 239 g/mol. The molecule has 0 bridgehead atoms. The van der Waals surface area contributed by atoms with E-state index in [4.69, 9.17) is 4.74 Å². The SMILES string of the molecule is CCCNC(c1cscc1C)C1CCOC1. The molecule has 90 valence electrons. The van der Waals surface area contributed by atoms with Gasteiger partial charge in [-0.1, -0.05) is 6.92 Å². The molecule has 1 N–H and O–H groups in total. The van der Waals surface area contributed by atoms with Crippen LogP contribution in [0.2, 0.25) is 0 Å². The molecule has 3 heteroatoms. The lowest BCUT2D eigenvalue weighted by Gasteiger charge is -2.24. The normalized spacial score (nSPS) is 22.5. The number of hydrogen-bond acceptors (Lipinski definition) is 3. The molecule has 1 aromatic rings. The van der Waals surface area contributed by atoms with Gasteiger partial charge in [-0.05, 0) is 48.2 Å². The summed E-state index contributed by atoms with van der Waals surface area (Å²) in [6, 6.07) is 0.494. The molecule has 0 aromatic carbocycles. The van der Waals surface area contributed by atoms with Crippen molar-refractivity contribution in [1.82, 2.24) is 5.32 Å². The molecule has 1 saturated heterocycles. The van der Waals surface area contributed by atoms with Gasteiger partial charge in [0.1, 0.15) is 0 Å². The predicted molar refractivity (Wildman–Crippen MR) is 69.0 cm³/mol. The number of hydrogen-bond donors (Lipinski definition) is 1. The fourth-order valence-electron chi connectivity index (χ4n) is 2.33. The molecule has 0 aliphatic carbocycles. The lowest BCUT2D eigenvalue weighted by molar-refractivity contribution is 0.176. The highest BCUT2D eigenvalue weighted by Crippen LogP contribution is 2.32. The predicted octanol–water partition coefficient (Wildman–Crippen LogP) is 3.13. The average molecular weight is 239 g/mol. The Morgan fingerprint density at radius 2 is 2.44 bits per heavy atom. The van der Waals surface area contributed by atoms with Gasteiger partial charge < -0.3 is 10.1 Å². The second-order valence-electron chi connectivity index (χ2n) is 4.57. The van der Waals surface area contributed by atoms with Crippen molar-refractivity contribution in [2.45, 2.75) is 32.7 Å². The summed E-state index contributed by atoms with van der Waals surface area (Å²) in [5.74, 6) is 0.653. The third-order valence-electron chi connectivity index (χ3n) is 3.28. The molecule has 2 unspecified atom stereocenters. The van der Waals surface area contributed by atoms with Gasteiger partial charge >= 0.3 is 0 Å². The number of ether oxygens (including phenoxy) is 1. The third-order valence-corrected chi connectivity index (χ3v) is 4.16. The van der Waals surface area contributed by atoms with Crippen LogP contribution in [0.1, 0.15) is 36.9 Å². The standard InChI is InChI=1S/C13H21NOS/c1-3-5-14-13(11-4-6-15-7-11)12-9-16-8-10(12)2/h8-9,11,13-14H,3-7H2,1-2H3. The number of nitrogens with one attached hydrogen (secondary N) is 1. The Balaban J connectivity index is 2.10. The first kappa shape index (κ1) is 12.1. The van der Waals surface area contributed by atoms with E-state index in [2.05, 4.69) is 29.9 Å². The van der Waals surface area contributed by atoms with Crippen molar-refractivity contribution < 1.29 is 4.74 Å². The Labute approximate surface area is 102 Å². The highest BCUT2D eigenvalue weighted by atomic mass is 32.1. The van der Waals surface area contributed by atoms with Crippen LogP contribution in [-0.2, 0) is 4.74 Å². The molecule has 2 atom stereocenters. The van der Waals surface area contributed by atoms with Crippen LogP contribution in [0.3, 0.4) is 0 Å². The second kappa shape index (κ2) is 5.80. The van der Waals surface area contributed by atoms with Crippen molar-refractivity contribution >= 4 is 11.3 Å². The summed E-state index contributed by atoms with van der Waals surface area (Å²) >= 11 is 1.81. The fourth-order valence-corrected chi connectivity index (χ4v) is 3.22. The molecule has 2 heterocycles. The van der Waals surface area contributed by atoms with Gasteiger partial charge in [-0.15, -0.1) is 0 Å². The summed E-state index contributed by atoms with van der Waals surface area (Å²) in [6.07, 6.45) is 2.38. The fraction of sp³-hybridized carbons (Fsp3) is 0.692. The third kappa shape index (κ3) is 2.65. The minimum atomic E-state index is 0.494. The van der Waals surface area contributed by atoms with Crippen LogP contribution in [-0.4, -0.2) is 19.8 Å². The molecule has 0 saturated carbocycles. The molecule has 16 heavy (non-hydrogen) atoms. The van der Waals surface area contributed by atoms with Crippen LogP contribution in [0, 0.1) is 12.8 Å². The zero-order chi connectivity index (χ0) is 11.4. The molecule has 0 radical (unpaired) electrons. The van der Waals surface area contributed by atoms with Gasteiger partial charge in [-0.2, -0.15) is 11.3 Å². The van der Waals surface area contributed by atoms with Crippen molar-refractivity contribution in [1.29, 1.82) is 0 Å². The van der Waals surface area contributed by atoms with E-state index in [0.29, 0.717) is 12.0 Å². The summed E-state index contributed by atoms with van der Waals surface area (Å²) < 4.78 is 5.52. The zero-order valence-electron chi connectivity index (χ0n) is 10.2. The molecule has 1 aromatic heterocycles. The van der Waals surface area contributed by atoms with E-state index in [1.807, 2.05) is 0 Å². The Kier molecular flexibility index (Phi) is 4.38. The lowest BCUT2D eigenvalue weighted by Crippen LogP contribution is -2.29. The van der Waals surface area contributed by atoms with E-state index in [1.165, 1.54) is 24.0 Å². The quantitative estimate of drug-likeness (QED) is 0.852. The largest absolute Gasteiger partial charge is 0.381 e. The summed E-state index contributed by atoms with van der Waals surface area (Å²) in [5, 5.41) is 8.22. The Hall–Kier alpha value is -0.380. The van der Waals surface area contributed by atoms with Gasteiger partial charge in [-0.25, -0.2) is 0 Å². The van der Waals surface area contributed by atoms with Crippen LogP contribution in [0.5, 0.6) is 0 Å². The Bertz CT molecular complexity index is 317. The van der Waals surface area contributed by atoms with Gasteiger partial charge in [0.05, 0.1) is 6.61 Å². The van der Waals surface area contributed by atoms with Gasteiger partial charge in [0, 0.05) is 18.6 Å². The smallest absolute Gasteiger partial charge is 0.0513 e. The van der Waals surface area contributed by atoms with Gasteiger partial charge in [-0.3, -0.25) is 0 Å². The minimum absolute atomic E-state index is 0.494. The first-order valence-corrected chi connectivity index (χ1v) is 7.11. The van der Waals surface area contributed by atoms with Crippen molar-refractivity contribution in [2.24, 2.45) is 5.92 Å². The van der Waals surface area contributed by atoms with Crippen LogP contribution >= 0.6 is 11.3 Å². The van der Waals surface area contributed by atoms with E-state index >= 15 is 0 Å². The second-order valence-corrected chi connectivity index (χ2v) is 5.31. The number of thiophene rings is 1. The van der Waals surface area contributed by atoms with Crippen LogP contribution in [0.25, 0.3) is 0 Å². The molecular formula is C13H21NOS. The first-order valence-electron chi connectivity index (χ1n) is 6.16. The van der Waals surface area contributed by atoms with Crippen molar-refractivity contribution in [3.63, 3.8) is 0 Å². The van der Waals surface area contributed by atoms with Crippen molar-refractivity contribution in [3.8, 4) is 0 Å². The topological polar surface area (TPSA) is 21.3 Å². The molecule has 0 spiro atoms. The number of rotatable bonds is 5. The molecule has 1 fully saturated rings. The lowest BCUT2D eigenvalue weighted by atomic mass is 9.92. The minimum Gasteiger partial charge on any atom is -0.381 e. The molecule has 1 aliphatic heterocycles. The first-order chi connectivity index (χ1) is 7.83. The van der Waals surface area contributed by atoms with Crippen molar-refractivity contribution in [3.05, 3.63) is 21.9 Å². The molecule has 2 nitrogen and oxygen atoms in total. The summed E-state index contributed by atoms with van der Waals surface area (Å²) in [7, 11) is 0. The summed E-state index contributed by atoms with van der Waals surface area (Å²) in [6.45, 7) is 7.36. The maximum atomic E-state index is 5.52. The highest BCUT2D eigenvalue weighted by molar-refractivity contribution is 7.08. The van der Waals surface area contributed by atoms with E-state index in [1.54, 1.807) is 11.3 Å². The molecule has 2 rings (SSSR count). The van der Waals surface area contributed by atoms with Crippen LogP contribution in [0.15, 0.2) is 10.8 Å². The summed E-state index contributed by atoms with van der Waals surface area (Å²) in [4.78, 5) is 0. The Morgan fingerprint density at radius 1 is 1.56 bits per heavy atom. The van der Waals surface area contributed by atoms with E-state index in [-0.39, 0.29) is 0 Å². The maximum Gasteiger partial charge on any atom is 0.0513 e. The van der Waals surface area contributed by atoms with E-state index in [9.17, 15) is 0 Å². The average Bonchev–Trinajstić information content (AvgIpc) is 2.91. The molecule has 1 aliphatic rings. The summed E-state index contributed by atoms with van der Waals surface area (Å²) in [5.41, 5.74) is 2.90. The Morgan fingerprint density at radius 3 is 3.00 bits per heavy atom. The van der Waals surface area contributed by atoms with E-state index < -0.39 is 0 Å². The van der Waals surface area contributed by atoms with Gasteiger partial charge in [0.25, 0.3) is 0 Å². The van der Waals surface area contributed by atoms with Crippen molar-refractivity contribution in [2.75, 3.05) is 19.8 Å². The zero-order valence-corrected chi connectivity index (χ0v) is 11.0. The van der Waals surface area contributed by atoms with E-state index in [0.717, 1.165) is 19.8 Å².